The summed E-state index contributed by atoms with van der Waals surface area (Å²) < 4.78 is 37.8. The van der Waals surface area contributed by atoms with Gasteiger partial charge >= 0.3 is 6.18 Å². The van der Waals surface area contributed by atoms with Crippen LogP contribution in [0.15, 0.2) is 48.9 Å². The molecule has 0 bridgehead atoms. The Kier molecular flexibility index (Phi) is 5.48. The lowest BCUT2D eigenvalue weighted by molar-refractivity contribution is -0.141. The van der Waals surface area contributed by atoms with Crippen molar-refractivity contribution >= 4 is 28.5 Å². The third-order valence-electron chi connectivity index (χ3n) is 4.64. The third-order valence-corrected chi connectivity index (χ3v) is 4.97. The van der Waals surface area contributed by atoms with Crippen molar-refractivity contribution in [2.24, 2.45) is 0 Å². The quantitative estimate of drug-likeness (QED) is 0.420. The van der Waals surface area contributed by atoms with Crippen molar-refractivity contribution in [3.63, 3.8) is 0 Å². The highest BCUT2D eigenvalue weighted by molar-refractivity contribution is 6.30. The zero-order chi connectivity index (χ0) is 22.0. The fourth-order valence-corrected chi connectivity index (χ4v) is 3.27. The highest BCUT2D eigenvalue weighted by Gasteiger charge is 2.31. The average Bonchev–Trinajstić information content (AvgIpc) is 3.15. The van der Waals surface area contributed by atoms with Crippen molar-refractivity contribution in [2.75, 3.05) is 5.32 Å². The molecule has 0 aromatic carbocycles. The maximum Gasteiger partial charge on any atom is 0.433 e. The predicted molar refractivity (Wildman–Crippen MR) is 109 cm³/mol. The van der Waals surface area contributed by atoms with Crippen molar-refractivity contribution in [2.45, 2.75) is 19.1 Å². The zero-order valence-electron chi connectivity index (χ0n) is 15.8. The standard InChI is InChI=1S/C21H14ClF3N6/c22-19-14(6-15-11-30-20-16(15)5-13(7-26)10-29-20)2-4-18(31-19)28-9-12-1-3-17(27-8-12)21(23,24)25/h1-5,8,10-11H,6,9H2,(H,28,31)(H,29,30). The highest BCUT2D eigenvalue weighted by Crippen LogP contribution is 2.27. The second-order valence-electron chi connectivity index (χ2n) is 6.77. The second kappa shape index (κ2) is 8.24. The van der Waals surface area contributed by atoms with Crippen molar-refractivity contribution in [1.82, 2.24) is 19.9 Å². The number of hydrogen-bond donors (Lipinski definition) is 2. The minimum atomic E-state index is -4.46. The van der Waals surface area contributed by atoms with Gasteiger partial charge in [0.25, 0.3) is 0 Å². The number of hydrogen-bond acceptors (Lipinski definition) is 5. The van der Waals surface area contributed by atoms with Crippen molar-refractivity contribution in [3.8, 4) is 6.07 Å². The van der Waals surface area contributed by atoms with E-state index in [9.17, 15) is 13.2 Å². The number of anilines is 1. The first-order valence-electron chi connectivity index (χ1n) is 9.11. The van der Waals surface area contributed by atoms with Crippen LogP contribution in [0.1, 0.15) is 27.9 Å². The van der Waals surface area contributed by atoms with Crippen LogP contribution in [0.3, 0.4) is 0 Å². The molecule has 0 unspecified atom stereocenters. The van der Waals surface area contributed by atoms with Crippen LogP contribution in [0.2, 0.25) is 5.15 Å². The summed E-state index contributed by atoms with van der Waals surface area (Å²) in [6.45, 7) is 0.249. The normalized spacial score (nSPS) is 11.5. The maximum atomic E-state index is 12.6. The first kappa shape index (κ1) is 20.6. The van der Waals surface area contributed by atoms with Crippen LogP contribution in [0.4, 0.5) is 19.0 Å². The van der Waals surface area contributed by atoms with Crippen molar-refractivity contribution in [1.29, 1.82) is 5.26 Å². The lowest BCUT2D eigenvalue weighted by Gasteiger charge is -2.10. The van der Waals surface area contributed by atoms with Gasteiger partial charge in [-0.2, -0.15) is 18.4 Å². The number of alkyl halides is 3. The fraction of sp³-hybridized carbons (Fsp3) is 0.143. The third kappa shape index (κ3) is 4.59. The Hall–Kier alpha value is -3.64. The highest BCUT2D eigenvalue weighted by atomic mass is 35.5. The number of nitriles is 1. The zero-order valence-corrected chi connectivity index (χ0v) is 16.6. The van der Waals surface area contributed by atoms with Crippen LogP contribution >= 0.6 is 11.6 Å². The van der Waals surface area contributed by atoms with Gasteiger partial charge in [-0.15, -0.1) is 0 Å². The predicted octanol–water partition coefficient (Wildman–Crippen LogP) is 5.10. The molecule has 31 heavy (non-hydrogen) atoms. The molecule has 0 aliphatic rings. The molecule has 0 saturated carbocycles. The number of H-pyrrole nitrogens is 1. The van der Waals surface area contributed by atoms with Crippen LogP contribution in [-0.2, 0) is 19.1 Å². The van der Waals surface area contributed by atoms with Gasteiger partial charge in [0.1, 0.15) is 28.4 Å². The van der Waals surface area contributed by atoms with Gasteiger partial charge in [0.05, 0.1) is 5.56 Å². The van der Waals surface area contributed by atoms with Crippen LogP contribution in [0.5, 0.6) is 0 Å². The summed E-state index contributed by atoms with van der Waals surface area (Å²) >= 11 is 6.34. The maximum absolute atomic E-state index is 12.6. The minimum Gasteiger partial charge on any atom is -0.366 e. The molecule has 156 valence electrons. The summed E-state index contributed by atoms with van der Waals surface area (Å²) in [4.78, 5) is 15.0. The first-order valence-corrected chi connectivity index (χ1v) is 9.49. The summed E-state index contributed by atoms with van der Waals surface area (Å²) in [6.07, 6.45) is 0.522. The largest absolute Gasteiger partial charge is 0.433 e. The van der Waals surface area contributed by atoms with E-state index in [1.807, 2.05) is 12.3 Å². The van der Waals surface area contributed by atoms with Crippen LogP contribution in [0, 0.1) is 11.3 Å². The molecule has 4 heterocycles. The van der Waals surface area contributed by atoms with E-state index in [-0.39, 0.29) is 6.54 Å². The summed E-state index contributed by atoms with van der Waals surface area (Å²) in [5.41, 5.74) is 2.51. The number of fused-ring (bicyclic) bond motifs is 1. The van der Waals surface area contributed by atoms with E-state index in [1.165, 1.54) is 18.5 Å². The summed E-state index contributed by atoms with van der Waals surface area (Å²) in [5.74, 6) is 0.487. The van der Waals surface area contributed by atoms with Crippen LogP contribution in [0.25, 0.3) is 11.0 Å². The van der Waals surface area contributed by atoms with Crippen LogP contribution in [-0.4, -0.2) is 19.9 Å². The molecule has 4 rings (SSSR count). The van der Waals surface area contributed by atoms with Gasteiger partial charge in [-0.05, 0) is 34.9 Å². The Morgan fingerprint density at radius 3 is 2.61 bits per heavy atom. The Morgan fingerprint density at radius 2 is 1.94 bits per heavy atom. The number of aromatic amines is 1. The topological polar surface area (TPSA) is 90.3 Å². The molecule has 0 amide bonds. The van der Waals surface area contributed by atoms with Gasteiger partial charge in [-0.25, -0.2) is 9.97 Å². The second-order valence-corrected chi connectivity index (χ2v) is 7.13. The van der Waals surface area contributed by atoms with E-state index in [4.69, 9.17) is 16.9 Å². The number of nitrogens with zero attached hydrogens (tertiary/aromatic N) is 4. The van der Waals surface area contributed by atoms with E-state index in [0.29, 0.717) is 34.2 Å². The van der Waals surface area contributed by atoms with Crippen molar-refractivity contribution in [3.05, 3.63) is 82.0 Å². The summed E-state index contributed by atoms with van der Waals surface area (Å²) in [5, 5.41) is 13.2. The Balaban J connectivity index is 1.46. The number of rotatable bonds is 5. The molecule has 4 aromatic rings. The van der Waals surface area contributed by atoms with Gasteiger partial charge in [0, 0.05) is 36.9 Å². The molecule has 4 aromatic heterocycles. The molecule has 0 fully saturated rings. The molecule has 0 aliphatic carbocycles. The lowest BCUT2D eigenvalue weighted by Crippen LogP contribution is -2.09. The minimum absolute atomic E-state index is 0.249. The van der Waals surface area contributed by atoms with Gasteiger partial charge < -0.3 is 10.3 Å². The average molecular weight is 443 g/mol. The number of pyridine rings is 3. The molecule has 0 saturated heterocycles. The molecule has 2 N–H and O–H groups in total. The summed E-state index contributed by atoms with van der Waals surface area (Å²) in [7, 11) is 0. The number of halogens is 4. The Labute approximate surface area is 179 Å². The summed E-state index contributed by atoms with van der Waals surface area (Å²) in [6, 6.07) is 9.71. The van der Waals surface area contributed by atoms with E-state index in [2.05, 4.69) is 31.3 Å². The smallest absolute Gasteiger partial charge is 0.366 e. The van der Waals surface area contributed by atoms with Gasteiger partial charge in [-0.1, -0.05) is 23.7 Å². The number of aromatic nitrogens is 4. The Bertz CT molecular complexity index is 1280. The van der Waals surface area contributed by atoms with Gasteiger partial charge in [-0.3, -0.25) is 4.98 Å². The molecule has 0 aliphatic heterocycles. The van der Waals surface area contributed by atoms with E-state index in [0.717, 1.165) is 22.6 Å². The van der Waals surface area contributed by atoms with Gasteiger partial charge in [0.2, 0.25) is 0 Å². The van der Waals surface area contributed by atoms with E-state index < -0.39 is 11.9 Å². The van der Waals surface area contributed by atoms with Crippen LogP contribution < -0.4 is 5.32 Å². The fourth-order valence-electron chi connectivity index (χ4n) is 3.05. The van der Waals surface area contributed by atoms with Gasteiger partial charge in [0.15, 0.2) is 0 Å². The first-order chi connectivity index (χ1) is 14.8. The molecule has 0 radical (unpaired) electrons. The number of nitrogens with one attached hydrogen (secondary N) is 2. The molecular weight excluding hydrogens is 429 g/mol. The molecule has 0 spiro atoms. The van der Waals surface area contributed by atoms with E-state index >= 15 is 0 Å². The molecule has 6 nitrogen and oxygen atoms in total. The Morgan fingerprint density at radius 1 is 1.10 bits per heavy atom. The lowest BCUT2D eigenvalue weighted by atomic mass is 10.1. The molecule has 10 heteroatoms. The van der Waals surface area contributed by atoms with E-state index in [1.54, 1.807) is 12.1 Å². The van der Waals surface area contributed by atoms with Crippen molar-refractivity contribution < 1.29 is 13.2 Å². The SMILES string of the molecule is N#Cc1cnc2[nH]cc(Cc3ccc(NCc4ccc(C(F)(F)F)nc4)nc3Cl)c2c1. The monoisotopic (exact) mass is 442 g/mol. The molecule has 0 atom stereocenters. The molecular formula is C21H14ClF3N6.